The van der Waals surface area contributed by atoms with Crippen LogP contribution in [0.3, 0.4) is 0 Å². The van der Waals surface area contributed by atoms with Crippen molar-refractivity contribution >= 4 is 17.7 Å². The number of primary amides is 1. The van der Waals surface area contributed by atoms with Crippen molar-refractivity contribution in [3.05, 3.63) is 0 Å². The molecule has 1 heterocycles. The predicted molar refractivity (Wildman–Crippen MR) is 64.2 cm³/mol. The minimum absolute atomic E-state index is 0.0112. The molecule has 3 amide bonds. The number of rotatable bonds is 3. The Bertz CT molecular complexity index is 379. The first-order valence-electron chi connectivity index (χ1n) is 6.34. The van der Waals surface area contributed by atoms with Crippen LogP contribution in [0.25, 0.3) is 0 Å². The number of nitrogens with zero attached hydrogens (tertiary/aromatic N) is 1. The van der Waals surface area contributed by atoms with Gasteiger partial charge in [-0.25, -0.2) is 0 Å². The zero-order valence-corrected chi connectivity index (χ0v) is 10.5. The van der Waals surface area contributed by atoms with E-state index in [0.717, 1.165) is 19.3 Å². The number of likely N-dealkylation sites (tertiary alicyclic amines) is 1. The van der Waals surface area contributed by atoms with Crippen molar-refractivity contribution in [1.82, 2.24) is 10.2 Å². The van der Waals surface area contributed by atoms with Gasteiger partial charge < -0.3 is 16.0 Å². The van der Waals surface area contributed by atoms with Gasteiger partial charge in [0.1, 0.15) is 0 Å². The van der Waals surface area contributed by atoms with Gasteiger partial charge in [0.25, 0.3) is 0 Å². The highest BCUT2D eigenvalue weighted by Gasteiger charge is 2.39. The van der Waals surface area contributed by atoms with Crippen LogP contribution in [-0.4, -0.2) is 41.8 Å². The number of hydrogen-bond acceptors (Lipinski definition) is 3. The van der Waals surface area contributed by atoms with Gasteiger partial charge in [0.2, 0.25) is 17.7 Å². The summed E-state index contributed by atoms with van der Waals surface area (Å²) in [6.45, 7) is 2.13. The third kappa shape index (κ3) is 2.47. The van der Waals surface area contributed by atoms with E-state index in [1.54, 1.807) is 4.90 Å². The Balaban J connectivity index is 1.98. The second kappa shape index (κ2) is 4.96. The molecule has 2 fully saturated rings. The molecule has 100 valence electrons. The number of nitrogens with two attached hydrogens (primary N) is 1. The lowest BCUT2D eigenvalue weighted by Crippen LogP contribution is -2.47. The van der Waals surface area contributed by atoms with E-state index in [1.807, 2.05) is 0 Å². The SMILES string of the molecule is CC(=O)N1C[C@H](NC(=O)C2CCC2)[C@H](C(N)=O)C1. The molecule has 2 atom stereocenters. The normalized spacial score (nSPS) is 27.7. The molecule has 1 saturated carbocycles. The second-order valence-electron chi connectivity index (χ2n) is 5.18. The fourth-order valence-electron chi connectivity index (χ4n) is 2.47. The minimum Gasteiger partial charge on any atom is -0.369 e. The highest BCUT2D eigenvalue weighted by molar-refractivity contribution is 5.84. The maximum Gasteiger partial charge on any atom is 0.224 e. The van der Waals surface area contributed by atoms with Gasteiger partial charge in [0.15, 0.2) is 0 Å². The Labute approximate surface area is 106 Å². The van der Waals surface area contributed by atoms with Crippen LogP contribution < -0.4 is 11.1 Å². The van der Waals surface area contributed by atoms with Gasteiger partial charge in [-0.1, -0.05) is 6.42 Å². The molecule has 18 heavy (non-hydrogen) atoms. The first-order chi connectivity index (χ1) is 8.49. The summed E-state index contributed by atoms with van der Waals surface area (Å²) in [5.41, 5.74) is 5.32. The van der Waals surface area contributed by atoms with E-state index in [2.05, 4.69) is 5.32 Å². The summed E-state index contributed by atoms with van der Waals surface area (Å²) in [5, 5.41) is 2.86. The number of nitrogens with one attached hydrogen (secondary N) is 1. The summed E-state index contributed by atoms with van der Waals surface area (Å²) >= 11 is 0. The number of carbonyl (C=O) groups is 3. The average Bonchev–Trinajstić information content (AvgIpc) is 2.58. The molecule has 0 aromatic carbocycles. The summed E-state index contributed by atoms with van der Waals surface area (Å²) in [6.07, 6.45) is 2.91. The molecule has 1 saturated heterocycles. The van der Waals surface area contributed by atoms with Crippen LogP contribution >= 0.6 is 0 Å². The Morgan fingerprint density at radius 2 is 1.89 bits per heavy atom. The Hall–Kier alpha value is -1.59. The average molecular weight is 253 g/mol. The van der Waals surface area contributed by atoms with Gasteiger partial charge in [0, 0.05) is 25.9 Å². The van der Waals surface area contributed by atoms with Crippen molar-refractivity contribution in [2.75, 3.05) is 13.1 Å². The van der Waals surface area contributed by atoms with Crippen molar-refractivity contribution in [2.45, 2.75) is 32.2 Å². The molecule has 1 aliphatic heterocycles. The van der Waals surface area contributed by atoms with Crippen LogP contribution in [0.2, 0.25) is 0 Å². The first-order valence-corrected chi connectivity index (χ1v) is 6.34. The second-order valence-corrected chi connectivity index (χ2v) is 5.18. The van der Waals surface area contributed by atoms with Crippen LogP contribution in [0.4, 0.5) is 0 Å². The van der Waals surface area contributed by atoms with E-state index >= 15 is 0 Å². The highest BCUT2D eigenvalue weighted by atomic mass is 16.2. The number of carbonyl (C=O) groups excluding carboxylic acids is 3. The molecule has 2 rings (SSSR count). The Kier molecular flexibility index (Phi) is 3.54. The van der Waals surface area contributed by atoms with E-state index in [0.29, 0.717) is 13.1 Å². The monoisotopic (exact) mass is 253 g/mol. The van der Waals surface area contributed by atoms with E-state index in [-0.39, 0.29) is 23.8 Å². The maximum absolute atomic E-state index is 11.9. The molecule has 0 radical (unpaired) electrons. The zero-order chi connectivity index (χ0) is 13.3. The van der Waals surface area contributed by atoms with E-state index in [9.17, 15) is 14.4 Å². The van der Waals surface area contributed by atoms with Gasteiger partial charge in [-0.05, 0) is 12.8 Å². The van der Waals surface area contributed by atoms with Crippen molar-refractivity contribution in [3.8, 4) is 0 Å². The first kappa shape index (κ1) is 12.9. The Morgan fingerprint density at radius 3 is 2.33 bits per heavy atom. The zero-order valence-electron chi connectivity index (χ0n) is 10.5. The minimum atomic E-state index is -0.474. The molecule has 6 heteroatoms. The number of hydrogen-bond donors (Lipinski definition) is 2. The Morgan fingerprint density at radius 1 is 1.22 bits per heavy atom. The van der Waals surface area contributed by atoms with Crippen molar-refractivity contribution in [1.29, 1.82) is 0 Å². The topological polar surface area (TPSA) is 92.5 Å². The van der Waals surface area contributed by atoms with Gasteiger partial charge in [-0.3, -0.25) is 14.4 Å². The fourth-order valence-corrected chi connectivity index (χ4v) is 2.47. The third-order valence-electron chi connectivity index (χ3n) is 3.93. The summed E-state index contributed by atoms with van der Waals surface area (Å²) < 4.78 is 0. The van der Waals surface area contributed by atoms with Crippen molar-refractivity contribution in [3.63, 3.8) is 0 Å². The van der Waals surface area contributed by atoms with Crippen LogP contribution in [0.15, 0.2) is 0 Å². The van der Waals surface area contributed by atoms with Gasteiger partial charge in [0.05, 0.1) is 12.0 Å². The lowest BCUT2D eigenvalue weighted by molar-refractivity contribution is -0.130. The van der Waals surface area contributed by atoms with E-state index in [4.69, 9.17) is 5.73 Å². The molecule has 6 nitrogen and oxygen atoms in total. The lowest BCUT2D eigenvalue weighted by atomic mass is 9.84. The molecule has 0 aromatic heterocycles. The van der Waals surface area contributed by atoms with Gasteiger partial charge in [-0.15, -0.1) is 0 Å². The van der Waals surface area contributed by atoms with E-state index in [1.165, 1.54) is 6.92 Å². The predicted octanol–water partition coefficient (Wildman–Crippen LogP) is -0.765. The third-order valence-corrected chi connectivity index (χ3v) is 3.93. The van der Waals surface area contributed by atoms with Crippen molar-refractivity contribution in [2.24, 2.45) is 17.6 Å². The smallest absolute Gasteiger partial charge is 0.224 e. The molecule has 0 bridgehead atoms. The van der Waals surface area contributed by atoms with Crippen molar-refractivity contribution < 1.29 is 14.4 Å². The molecule has 0 unspecified atom stereocenters. The highest BCUT2D eigenvalue weighted by Crippen LogP contribution is 2.27. The summed E-state index contributed by atoms with van der Waals surface area (Å²) in [7, 11) is 0. The van der Waals surface area contributed by atoms with Crippen LogP contribution in [0.1, 0.15) is 26.2 Å². The number of amides is 3. The van der Waals surface area contributed by atoms with Crippen LogP contribution in [-0.2, 0) is 14.4 Å². The molecule has 0 spiro atoms. The largest absolute Gasteiger partial charge is 0.369 e. The molecule has 0 aromatic rings. The van der Waals surface area contributed by atoms with Crippen LogP contribution in [0.5, 0.6) is 0 Å². The van der Waals surface area contributed by atoms with Gasteiger partial charge >= 0.3 is 0 Å². The molecule has 2 aliphatic rings. The summed E-state index contributed by atoms with van der Waals surface area (Å²) in [4.78, 5) is 36.1. The molecule has 3 N–H and O–H groups in total. The molecule has 1 aliphatic carbocycles. The lowest BCUT2D eigenvalue weighted by Gasteiger charge is -2.27. The molecular weight excluding hydrogens is 234 g/mol. The summed E-state index contributed by atoms with van der Waals surface area (Å²) in [5.74, 6) is -0.968. The fraction of sp³-hybridized carbons (Fsp3) is 0.750. The van der Waals surface area contributed by atoms with E-state index < -0.39 is 11.8 Å². The molecular formula is C12H19N3O3. The summed E-state index contributed by atoms with van der Waals surface area (Å²) in [6, 6.07) is -0.334. The quantitative estimate of drug-likeness (QED) is 0.692. The van der Waals surface area contributed by atoms with Gasteiger partial charge in [-0.2, -0.15) is 0 Å². The standard InChI is InChI=1S/C12H19N3O3/c1-7(16)15-5-9(11(13)17)10(6-15)14-12(18)8-3-2-4-8/h8-10H,2-6H2,1H3,(H2,13,17)(H,14,18)/t9-,10+/m1/s1. The maximum atomic E-state index is 11.9. The van der Waals surface area contributed by atoms with Crippen LogP contribution in [0, 0.1) is 11.8 Å².